The maximum absolute atomic E-state index is 12.8. The quantitative estimate of drug-likeness (QED) is 0.0701. The smallest absolute Gasteiger partial charge is 0.338 e. The summed E-state index contributed by atoms with van der Waals surface area (Å²) >= 11 is 12.2. The summed E-state index contributed by atoms with van der Waals surface area (Å²) in [5, 5.41) is 21.3. The van der Waals surface area contributed by atoms with Gasteiger partial charge in [-0.2, -0.15) is 5.10 Å². The predicted molar refractivity (Wildman–Crippen MR) is 178 cm³/mol. The van der Waals surface area contributed by atoms with Gasteiger partial charge < -0.3 is 24.8 Å². The maximum Gasteiger partial charge on any atom is 0.338 e. The summed E-state index contributed by atoms with van der Waals surface area (Å²) < 4.78 is 18.4. The van der Waals surface area contributed by atoms with Crippen molar-refractivity contribution in [3.8, 4) is 11.5 Å². The molecule has 1 aliphatic rings. The molecule has 0 saturated carbocycles. The van der Waals surface area contributed by atoms with Crippen LogP contribution in [0.5, 0.6) is 11.5 Å². The fourth-order valence-corrected chi connectivity index (χ4v) is 5.95. The number of para-hydroxylation sites is 1. The Hall–Kier alpha value is -4.34. The molecule has 4 rings (SSSR count). The molecule has 234 valence electrons. The third-order valence-electron chi connectivity index (χ3n) is 6.31. The Morgan fingerprint density at radius 2 is 1.87 bits per heavy atom. The van der Waals surface area contributed by atoms with Crippen LogP contribution in [0, 0.1) is 10.1 Å². The van der Waals surface area contributed by atoms with Crippen molar-refractivity contribution >= 4 is 73.0 Å². The molecule has 12 nitrogen and oxygen atoms in total. The lowest BCUT2D eigenvalue weighted by atomic mass is 9.95. The van der Waals surface area contributed by atoms with E-state index in [0.717, 1.165) is 10.0 Å². The SMILES string of the molecule is CCOC(=O)C1=C(C)NC(=S)N[C@@H]1c1ccccc1OCC(=O)NN=Cc1cc(Br)cc(Br)c1OCc1ccc([N+](=O)[O-])cc1. The van der Waals surface area contributed by atoms with Crippen LogP contribution in [0.2, 0.25) is 0 Å². The number of benzene rings is 3. The first-order valence-electron chi connectivity index (χ1n) is 13.4. The Kier molecular flexibility index (Phi) is 11.6. The number of nitrogens with one attached hydrogen (secondary N) is 3. The summed E-state index contributed by atoms with van der Waals surface area (Å²) in [7, 11) is 0. The van der Waals surface area contributed by atoms with Crippen molar-refractivity contribution in [2.45, 2.75) is 26.5 Å². The molecule has 0 fully saturated rings. The molecule has 0 saturated heterocycles. The number of hydrogen-bond donors (Lipinski definition) is 3. The lowest BCUT2D eigenvalue weighted by Gasteiger charge is -2.30. The molecule has 15 heteroatoms. The molecule has 1 heterocycles. The lowest BCUT2D eigenvalue weighted by Crippen LogP contribution is -2.45. The summed E-state index contributed by atoms with van der Waals surface area (Å²) in [6.07, 6.45) is 1.42. The Morgan fingerprint density at radius 3 is 2.58 bits per heavy atom. The molecule has 0 radical (unpaired) electrons. The Bertz CT molecular complexity index is 1680. The zero-order valence-corrected chi connectivity index (χ0v) is 28.0. The highest BCUT2D eigenvalue weighted by Gasteiger charge is 2.32. The number of hydrazone groups is 1. The van der Waals surface area contributed by atoms with E-state index in [2.05, 4.69) is 53.0 Å². The van der Waals surface area contributed by atoms with E-state index >= 15 is 0 Å². The number of allylic oxidation sites excluding steroid dienone is 1. The number of carbonyl (C=O) groups excluding carboxylic acids is 2. The number of carbonyl (C=O) groups is 2. The van der Waals surface area contributed by atoms with Gasteiger partial charge in [-0.15, -0.1) is 0 Å². The largest absolute Gasteiger partial charge is 0.487 e. The van der Waals surface area contributed by atoms with Gasteiger partial charge >= 0.3 is 5.97 Å². The highest BCUT2D eigenvalue weighted by molar-refractivity contribution is 9.11. The van der Waals surface area contributed by atoms with Crippen LogP contribution in [-0.4, -0.2) is 41.3 Å². The van der Waals surface area contributed by atoms with Gasteiger partial charge in [0, 0.05) is 33.4 Å². The van der Waals surface area contributed by atoms with Crippen LogP contribution in [0.25, 0.3) is 0 Å². The van der Waals surface area contributed by atoms with E-state index in [0.29, 0.717) is 43.5 Å². The molecule has 0 aromatic heterocycles. The summed E-state index contributed by atoms with van der Waals surface area (Å²) in [6.45, 7) is 3.43. The third-order valence-corrected chi connectivity index (χ3v) is 7.58. The normalized spacial score (nSPS) is 14.4. The average molecular weight is 761 g/mol. The van der Waals surface area contributed by atoms with Gasteiger partial charge in [0.1, 0.15) is 18.1 Å². The summed E-state index contributed by atoms with van der Waals surface area (Å²) in [4.78, 5) is 35.9. The van der Waals surface area contributed by atoms with Crippen molar-refractivity contribution in [3.63, 3.8) is 0 Å². The number of thiocarbonyl (C=S) groups is 1. The van der Waals surface area contributed by atoms with Crippen LogP contribution in [0.4, 0.5) is 5.69 Å². The van der Waals surface area contributed by atoms with E-state index < -0.39 is 22.8 Å². The molecule has 45 heavy (non-hydrogen) atoms. The second-order valence-corrected chi connectivity index (χ2v) is 11.6. The van der Waals surface area contributed by atoms with Crippen LogP contribution in [0.3, 0.4) is 0 Å². The summed E-state index contributed by atoms with van der Waals surface area (Å²) in [6, 6.07) is 15.9. The minimum absolute atomic E-state index is 0.0139. The Morgan fingerprint density at radius 1 is 1.13 bits per heavy atom. The first-order chi connectivity index (χ1) is 21.6. The van der Waals surface area contributed by atoms with Gasteiger partial charge in [0.25, 0.3) is 11.6 Å². The number of nitro benzene ring substituents is 1. The van der Waals surface area contributed by atoms with E-state index in [4.69, 9.17) is 26.4 Å². The molecule has 1 atom stereocenters. The van der Waals surface area contributed by atoms with Crippen LogP contribution in [0.1, 0.15) is 36.6 Å². The molecule has 3 N–H and O–H groups in total. The Balaban J connectivity index is 1.43. The van der Waals surface area contributed by atoms with Crippen molar-refractivity contribution < 1.29 is 28.7 Å². The summed E-state index contributed by atoms with van der Waals surface area (Å²) in [5.41, 5.74) is 5.20. The molecule has 3 aromatic rings. The molecular formula is C30H27Br2N5O7S. The van der Waals surface area contributed by atoms with E-state index in [9.17, 15) is 19.7 Å². The molecule has 3 aromatic carbocycles. The van der Waals surface area contributed by atoms with Crippen molar-refractivity contribution in [2.24, 2.45) is 5.10 Å². The monoisotopic (exact) mass is 759 g/mol. The molecular weight excluding hydrogens is 734 g/mol. The van der Waals surface area contributed by atoms with E-state index in [1.165, 1.54) is 18.3 Å². The summed E-state index contributed by atoms with van der Waals surface area (Å²) in [5.74, 6) is -0.214. The maximum atomic E-state index is 12.8. The number of hydrogen-bond acceptors (Lipinski definition) is 9. The number of amides is 1. The van der Waals surface area contributed by atoms with Crippen molar-refractivity contribution in [1.82, 2.24) is 16.1 Å². The van der Waals surface area contributed by atoms with E-state index in [1.807, 2.05) is 0 Å². The van der Waals surface area contributed by atoms with Crippen molar-refractivity contribution in [3.05, 3.63) is 108 Å². The second-order valence-electron chi connectivity index (χ2n) is 9.43. The van der Waals surface area contributed by atoms with Crippen molar-refractivity contribution in [2.75, 3.05) is 13.2 Å². The van der Waals surface area contributed by atoms with Gasteiger partial charge in [-0.3, -0.25) is 14.9 Å². The number of rotatable bonds is 12. The van der Waals surface area contributed by atoms with Gasteiger partial charge in [-0.25, -0.2) is 10.2 Å². The predicted octanol–water partition coefficient (Wildman–Crippen LogP) is 5.58. The first kappa shape index (κ1) is 33.6. The number of esters is 1. The highest BCUT2D eigenvalue weighted by atomic mass is 79.9. The number of nitrogens with zero attached hydrogens (tertiary/aromatic N) is 2. The topological polar surface area (TPSA) is 153 Å². The highest BCUT2D eigenvalue weighted by Crippen LogP contribution is 2.34. The van der Waals surface area contributed by atoms with Gasteiger partial charge in [0.15, 0.2) is 11.7 Å². The zero-order chi connectivity index (χ0) is 32.5. The molecule has 1 aliphatic heterocycles. The lowest BCUT2D eigenvalue weighted by molar-refractivity contribution is -0.384. The molecule has 1 amide bonds. The van der Waals surface area contributed by atoms with E-state index in [-0.39, 0.29) is 25.5 Å². The standard InChI is InChI=1S/C30H27Br2N5O7S/c1-3-42-29(39)26-17(2)34-30(45)35-27(26)22-6-4-5-7-24(22)43-16-25(38)36-33-14-19-12-20(31)13-23(32)28(19)44-15-18-8-10-21(11-9-18)37(40)41/h4-14,27H,3,15-16H2,1-2H3,(H,36,38)(H2,34,35,45)/t27-/m1/s1. The van der Waals surface area contributed by atoms with Crippen LogP contribution >= 0.6 is 44.1 Å². The number of ether oxygens (including phenoxy) is 3. The van der Waals surface area contributed by atoms with Gasteiger partial charge in [-0.1, -0.05) is 34.1 Å². The molecule has 0 bridgehead atoms. The minimum Gasteiger partial charge on any atom is -0.487 e. The molecule has 0 unspecified atom stereocenters. The van der Waals surface area contributed by atoms with Crippen LogP contribution in [0.15, 0.2) is 86.0 Å². The first-order valence-corrected chi connectivity index (χ1v) is 15.4. The van der Waals surface area contributed by atoms with Crippen LogP contribution in [-0.2, 0) is 20.9 Å². The fraction of sp³-hybridized carbons (Fsp3) is 0.200. The second kappa shape index (κ2) is 15.6. The van der Waals surface area contributed by atoms with Crippen molar-refractivity contribution in [1.29, 1.82) is 0 Å². The number of halogens is 2. The zero-order valence-electron chi connectivity index (χ0n) is 24.0. The Labute approximate surface area is 280 Å². The number of nitro groups is 1. The number of non-ortho nitro benzene ring substituents is 1. The van der Waals surface area contributed by atoms with E-state index in [1.54, 1.807) is 62.4 Å². The fourth-order valence-electron chi connectivity index (χ4n) is 4.30. The van der Waals surface area contributed by atoms with Crippen LogP contribution < -0.4 is 25.5 Å². The van der Waals surface area contributed by atoms with Gasteiger partial charge in [0.2, 0.25) is 0 Å². The van der Waals surface area contributed by atoms with Gasteiger partial charge in [-0.05, 0) is 77.9 Å². The molecule has 0 aliphatic carbocycles. The average Bonchev–Trinajstić information content (AvgIpc) is 2.99. The van der Waals surface area contributed by atoms with Gasteiger partial charge in [0.05, 0.1) is 33.8 Å². The minimum atomic E-state index is -0.658. The third kappa shape index (κ3) is 8.86. The molecule has 0 spiro atoms.